The first kappa shape index (κ1) is 6.44. The van der Waals surface area contributed by atoms with Gasteiger partial charge in [-0.3, -0.25) is 0 Å². The van der Waals surface area contributed by atoms with Gasteiger partial charge in [0, 0.05) is 4.43 Å². The normalized spacial score (nSPS) is 27.3. The van der Waals surface area contributed by atoms with E-state index >= 15 is 0 Å². The maximum absolute atomic E-state index is 2.56. The molecule has 0 nitrogen and oxygen atoms in total. The second-order valence-electron chi connectivity index (χ2n) is 3.49. The summed E-state index contributed by atoms with van der Waals surface area (Å²) in [5.41, 5.74) is 0. The largest absolute Gasteiger partial charge is 0.0861 e. The van der Waals surface area contributed by atoms with Crippen molar-refractivity contribution < 1.29 is 0 Å². The van der Waals surface area contributed by atoms with E-state index in [1.165, 1.54) is 4.43 Å². The molecule has 0 N–H and O–H groups in total. The highest BCUT2D eigenvalue weighted by Gasteiger charge is 2.40. The molecule has 0 bridgehead atoms. The number of rotatable bonds is 3. The second kappa shape index (κ2) is 2.40. The zero-order chi connectivity index (χ0) is 6.27. The topological polar surface area (TPSA) is 0 Å². The van der Waals surface area contributed by atoms with Crippen LogP contribution in [0.4, 0.5) is 0 Å². The van der Waals surface area contributed by atoms with Crippen LogP contribution in [0.2, 0.25) is 0 Å². The molecule has 0 heterocycles. The zero-order valence-electron chi connectivity index (χ0n) is 5.65. The molecule has 9 heavy (non-hydrogen) atoms. The van der Waals surface area contributed by atoms with Gasteiger partial charge in [-0.25, -0.2) is 0 Å². The van der Waals surface area contributed by atoms with Crippen molar-refractivity contribution in [3.05, 3.63) is 0 Å². The van der Waals surface area contributed by atoms with Crippen molar-refractivity contribution in [2.75, 3.05) is 4.43 Å². The van der Waals surface area contributed by atoms with Crippen LogP contribution in [0.25, 0.3) is 0 Å². The van der Waals surface area contributed by atoms with Crippen molar-refractivity contribution in [2.24, 2.45) is 17.8 Å². The van der Waals surface area contributed by atoms with Crippen LogP contribution >= 0.6 is 22.6 Å². The molecule has 0 aliphatic heterocycles. The van der Waals surface area contributed by atoms with E-state index in [1.54, 1.807) is 25.7 Å². The molecule has 0 saturated heterocycles. The third-order valence-electron chi connectivity index (χ3n) is 2.63. The van der Waals surface area contributed by atoms with Crippen molar-refractivity contribution >= 4 is 22.6 Å². The van der Waals surface area contributed by atoms with Gasteiger partial charge in [-0.05, 0) is 43.4 Å². The summed E-state index contributed by atoms with van der Waals surface area (Å²) in [4.78, 5) is 0. The van der Waals surface area contributed by atoms with Gasteiger partial charge in [-0.1, -0.05) is 22.6 Å². The Balaban J connectivity index is 1.85. The lowest BCUT2D eigenvalue weighted by Gasteiger charge is -2.09. The molecule has 2 saturated carbocycles. The molecule has 0 aromatic carbocycles. The quantitative estimate of drug-likeness (QED) is 0.522. The third-order valence-corrected chi connectivity index (χ3v) is 3.65. The molecule has 0 unspecified atom stereocenters. The lowest BCUT2D eigenvalue weighted by atomic mass is 10.0. The highest BCUT2D eigenvalue weighted by atomic mass is 127. The van der Waals surface area contributed by atoms with Crippen LogP contribution in [-0.2, 0) is 0 Å². The molecular weight excluding hydrogens is 223 g/mol. The fourth-order valence-corrected chi connectivity index (χ4v) is 3.12. The van der Waals surface area contributed by atoms with Gasteiger partial charge in [0.15, 0.2) is 0 Å². The minimum Gasteiger partial charge on any atom is -0.0861 e. The Labute approximate surface area is 70.5 Å². The van der Waals surface area contributed by atoms with E-state index in [4.69, 9.17) is 0 Å². The Bertz CT molecular complexity index is 91.1. The first-order valence-corrected chi connectivity index (χ1v) is 5.50. The Hall–Kier alpha value is 0.730. The molecule has 0 aromatic rings. The molecule has 52 valence electrons. The summed E-state index contributed by atoms with van der Waals surface area (Å²) in [7, 11) is 0. The van der Waals surface area contributed by atoms with Gasteiger partial charge in [0.1, 0.15) is 0 Å². The van der Waals surface area contributed by atoms with Gasteiger partial charge >= 0.3 is 0 Å². The van der Waals surface area contributed by atoms with Crippen molar-refractivity contribution in [2.45, 2.75) is 25.7 Å². The van der Waals surface area contributed by atoms with E-state index in [1.807, 2.05) is 0 Å². The van der Waals surface area contributed by atoms with E-state index in [0.717, 1.165) is 17.8 Å². The first-order chi connectivity index (χ1) is 4.42. The lowest BCUT2D eigenvalue weighted by molar-refractivity contribution is 0.462. The fourth-order valence-electron chi connectivity index (χ4n) is 1.69. The smallest absolute Gasteiger partial charge is 0.00289 e. The van der Waals surface area contributed by atoms with Crippen molar-refractivity contribution in [3.8, 4) is 0 Å². The molecular formula is C8H13I. The number of hydrogen-bond acceptors (Lipinski definition) is 0. The maximum atomic E-state index is 2.56. The van der Waals surface area contributed by atoms with Crippen molar-refractivity contribution in [3.63, 3.8) is 0 Å². The number of hydrogen-bond donors (Lipinski definition) is 0. The van der Waals surface area contributed by atoms with Crippen LogP contribution in [0.15, 0.2) is 0 Å². The van der Waals surface area contributed by atoms with Gasteiger partial charge in [-0.2, -0.15) is 0 Å². The zero-order valence-corrected chi connectivity index (χ0v) is 7.80. The summed E-state index contributed by atoms with van der Waals surface area (Å²) >= 11 is 2.56. The van der Waals surface area contributed by atoms with E-state index in [9.17, 15) is 0 Å². The first-order valence-electron chi connectivity index (χ1n) is 3.98. The summed E-state index contributed by atoms with van der Waals surface area (Å²) in [5, 5.41) is 0. The van der Waals surface area contributed by atoms with Crippen molar-refractivity contribution in [1.82, 2.24) is 0 Å². The lowest BCUT2D eigenvalue weighted by Crippen LogP contribution is -2.06. The Morgan fingerprint density at radius 3 is 1.78 bits per heavy atom. The molecule has 2 aliphatic rings. The predicted octanol–water partition coefficient (Wildman–Crippen LogP) is 2.86. The monoisotopic (exact) mass is 236 g/mol. The molecule has 2 rings (SSSR count). The summed E-state index contributed by atoms with van der Waals surface area (Å²) in [6.45, 7) is 0. The van der Waals surface area contributed by atoms with Gasteiger partial charge in [-0.15, -0.1) is 0 Å². The summed E-state index contributed by atoms with van der Waals surface area (Å²) in [6.07, 6.45) is 6.18. The van der Waals surface area contributed by atoms with Crippen LogP contribution < -0.4 is 0 Å². The molecule has 1 heteroatoms. The van der Waals surface area contributed by atoms with Crippen LogP contribution in [0.5, 0.6) is 0 Å². The highest BCUT2D eigenvalue weighted by Crippen LogP contribution is 2.49. The molecule has 2 aliphatic carbocycles. The minimum absolute atomic E-state index is 1.13. The fraction of sp³-hybridized carbons (Fsp3) is 1.00. The van der Waals surface area contributed by atoms with Gasteiger partial charge in [0.25, 0.3) is 0 Å². The molecule has 0 radical (unpaired) electrons. The summed E-state index contributed by atoms with van der Waals surface area (Å²) in [6, 6.07) is 0. The number of halogens is 1. The van der Waals surface area contributed by atoms with Crippen LogP contribution in [-0.4, -0.2) is 4.43 Å². The second-order valence-corrected chi connectivity index (χ2v) is 4.37. The predicted molar refractivity (Wildman–Crippen MR) is 47.8 cm³/mol. The standard InChI is InChI=1S/C8H13I/c9-5-8(6-1-2-6)7-3-4-7/h6-8H,1-5H2. The minimum atomic E-state index is 1.13. The molecule has 0 atom stereocenters. The average Bonchev–Trinajstić information content (AvgIpc) is 2.61. The van der Waals surface area contributed by atoms with Crippen molar-refractivity contribution in [1.29, 1.82) is 0 Å². The SMILES string of the molecule is ICC(C1CC1)C1CC1. The number of alkyl halides is 1. The van der Waals surface area contributed by atoms with Crippen LogP contribution in [0, 0.1) is 17.8 Å². The van der Waals surface area contributed by atoms with E-state index < -0.39 is 0 Å². The Kier molecular flexibility index (Phi) is 1.72. The molecule has 0 spiro atoms. The van der Waals surface area contributed by atoms with E-state index in [0.29, 0.717) is 0 Å². The third kappa shape index (κ3) is 1.41. The Morgan fingerprint density at radius 1 is 1.11 bits per heavy atom. The Morgan fingerprint density at radius 2 is 1.56 bits per heavy atom. The van der Waals surface area contributed by atoms with Gasteiger partial charge in [0.2, 0.25) is 0 Å². The molecule has 0 amide bonds. The van der Waals surface area contributed by atoms with Gasteiger partial charge in [0.05, 0.1) is 0 Å². The van der Waals surface area contributed by atoms with Gasteiger partial charge < -0.3 is 0 Å². The molecule has 2 fully saturated rings. The summed E-state index contributed by atoms with van der Waals surface area (Å²) < 4.78 is 1.42. The highest BCUT2D eigenvalue weighted by molar-refractivity contribution is 14.1. The summed E-state index contributed by atoms with van der Waals surface area (Å²) in [5.74, 6) is 3.45. The average molecular weight is 236 g/mol. The van der Waals surface area contributed by atoms with Crippen LogP contribution in [0.3, 0.4) is 0 Å². The maximum Gasteiger partial charge on any atom is 0.00289 e. The molecule has 0 aromatic heterocycles. The van der Waals surface area contributed by atoms with E-state index in [-0.39, 0.29) is 0 Å². The van der Waals surface area contributed by atoms with Crippen LogP contribution in [0.1, 0.15) is 25.7 Å². The van der Waals surface area contributed by atoms with E-state index in [2.05, 4.69) is 22.6 Å².